The average Bonchev–Trinajstić information content (AvgIpc) is 2.96. The number of fused-ring (bicyclic) bond motifs is 1. The number of ether oxygens (including phenoxy) is 1. The predicted molar refractivity (Wildman–Crippen MR) is 102 cm³/mol. The van der Waals surface area contributed by atoms with E-state index >= 15 is 0 Å². The molecule has 0 spiro atoms. The maximum Gasteiger partial charge on any atom is 0.310 e. The molecule has 1 saturated carbocycles. The predicted octanol–water partition coefficient (Wildman–Crippen LogP) is 4.54. The summed E-state index contributed by atoms with van der Waals surface area (Å²) >= 11 is 0. The Morgan fingerprint density at radius 3 is 2.42 bits per heavy atom. The van der Waals surface area contributed by atoms with Gasteiger partial charge in [0, 0.05) is 22.7 Å². The lowest BCUT2D eigenvalue weighted by molar-refractivity contribution is -0.152. The van der Waals surface area contributed by atoms with Crippen molar-refractivity contribution in [3.63, 3.8) is 0 Å². The van der Waals surface area contributed by atoms with Crippen LogP contribution in [0, 0.1) is 30.2 Å². The highest BCUT2D eigenvalue weighted by Crippen LogP contribution is 2.36. The Labute approximate surface area is 173 Å². The number of hydrogen-bond donors (Lipinski definition) is 1. The first-order valence-electron chi connectivity index (χ1n) is 9.59. The van der Waals surface area contributed by atoms with Crippen molar-refractivity contribution in [3.05, 3.63) is 64.4 Å². The minimum absolute atomic E-state index is 0.0306. The number of halogens is 4. The van der Waals surface area contributed by atoms with Crippen LogP contribution in [0.1, 0.15) is 40.9 Å². The van der Waals surface area contributed by atoms with Crippen molar-refractivity contribution in [2.24, 2.45) is 0 Å². The second-order valence-corrected chi connectivity index (χ2v) is 7.47. The first-order valence-corrected chi connectivity index (χ1v) is 9.59. The smallest absolute Gasteiger partial charge is 0.310 e. The highest BCUT2D eigenvalue weighted by atomic mass is 19.2. The molecule has 0 saturated heterocycles. The number of nitrogens with zero attached hydrogens (tertiary/aromatic N) is 1. The minimum atomic E-state index is -1.33. The number of aromatic nitrogens is 1. The summed E-state index contributed by atoms with van der Waals surface area (Å²) in [5, 5.41) is 9.41. The zero-order chi connectivity index (χ0) is 22.4. The molecule has 162 valence electrons. The molecule has 0 unspecified atom stereocenters. The minimum Gasteiger partial charge on any atom is -0.503 e. The highest BCUT2D eigenvalue weighted by Gasteiger charge is 2.29. The highest BCUT2D eigenvalue weighted by molar-refractivity contribution is 6.05. The Morgan fingerprint density at radius 2 is 1.81 bits per heavy atom. The van der Waals surface area contributed by atoms with Crippen LogP contribution in [0.3, 0.4) is 0 Å². The normalized spacial score (nSPS) is 14.0. The molecule has 0 aliphatic heterocycles. The largest absolute Gasteiger partial charge is 0.503 e. The summed E-state index contributed by atoms with van der Waals surface area (Å²) in [4.78, 5) is 25.4. The Bertz CT molecular complexity index is 1230. The summed E-state index contributed by atoms with van der Waals surface area (Å²) in [5.74, 6) is -7.86. The first-order chi connectivity index (χ1) is 14.7. The van der Waals surface area contributed by atoms with Crippen molar-refractivity contribution in [1.29, 1.82) is 0 Å². The maximum atomic E-state index is 14.8. The van der Waals surface area contributed by atoms with Crippen molar-refractivity contribution >= 4 is 22.8 Å². The van der Waals surface area contributed by atoms with Crippen molar-refractivity contribution in [2.45, 2.75) is 38.7 Å². The molecule has 31 heavy (non-hydrogen) atoms. The van der Waals surface area contributed by atoms with Crippen molar-refractivity contribution < 1.29 is 37.0 Å². The SMILES string of the molecule is Cc1c(CC(=O)OC2CCC2)c2c(F)c(O)c(F)cc2n1C(=O)c1ccc(F)c(F)c1. The van der Waals surface area contributed by atoms with Crippen LogP contribution in [-0.2, 0) is 16.0 Å². The topological polar surface area (TPSA) is 68.5 Å². The molecule has 1 N–H and O–H groups in total. The maximum absolute atomic E-state index is 14.8. The summed E-state index contributed by atoms with van der Waals surface area (Å²) in [6.07, 6.45) is 1.74. The fourth-order valence-electron chi connectivity index (χ4n) is 3.65. The van der Waals surface area contributed by atoms with E-state index in [0.717, 1.165) is 42.0 Å². The van der Waals surface area contributed by atoms with E-state index in [1.54, 1.807) is 0 Å². The van der Waals surface area contributed by atoms with E-state index in [1.807, 2.05) is 0 Å². The van der Waals surface area contributed by atoms with Crippen LogP contribution in [0.2, 0.25) is 0 Å². The molecule has 2 aromatic carbocycles. The van der Waals surface area contributed by atoms with Gasteiger partial charge in [-0.3, -0.25) is 14.2 Å². The van der Waals surface area contributed by atoms with Gasteiger partial charge in [-0.05, 0) is 49.9 Å². The van der Waals surface area contributed by atoms with Crippen LogP contribution in [0.25, 0.3) is 10.9 Å². The van der Waals surface area contributed by atoms with E-state index in [4.69, 9.17) is 4.74 Å². The number of hydrogen-bond acceptors (Lipinski definition) is 4. The number of aromatic hydroxyl groups is 1. The van der Waals surface area contributed by atoms with Gasteiger partial charge in [0.1, 0.15) is 6.10 Å². The molecule has 1 aliphatic rings. The number of carbonyl (C=O) groups is 2. The Hall–Kier alpha value is -3.36. The third-order valence-electron chi connectivity index (χ3n) is 5.53. The summed E-state index contributed by atoms with van der Waals surface area (Å²) in [6.45, 7) is 1.40. The molecule has 1 aliphatic carbocycles. The van der Waals surface area contributed by atoms with Gasteiger partial charge in [0.15, 0.2) is 29.0 Å². The molecule has 3 aromatic rings. The van der Waals surface area contributed by atoms with Gasteiger partial charge >= 0.3 is 5.97 Å². The van der Waals surface area contributed by atoms with Gasteiger partial charge in [0.05, 0.1) is 11.9 Å². The lowest BCUT2D eigenvalue weighted by atomic mass is 9.96. The zero-order valence-electron chi connectivity index (χ0n) is 16.3. The zero-order valence-corrected chi connectivity index (χ0v) is 16.3. The van der Waals surface area contributed by atoms with Gasteiger partial charge in [-0.15, -0.1) is 0 Å². The summed E-state index contributed by atoms with van der Waals surface area (Å²) in [5.41, 5.74) is -0.412. The van der Waals surface area contributed by atoms with Crippen molar-refractivity contribution in [2.75, 3.05) is 0 Å². The monoisotopic (exact) mass is 435 g/mol. The fourth-order valence-corrected chi connectivity index (χ4v) is 3.65. The molecular weight excluding hydrogens is 418 g/mol. The average molecular weight is 435 g/mol. The van der Waals surface area contributed by atoms with Crippen LogP contribution >= 0.6 is 0 Å². The van der Waals surface area contributed by atoms with Crippen LogP contribution < -0.4 is 0 Å². The van der Waals surface area contributed by atoms with Crippen LogP contribution in [-0.4, -0.2) is 27.7 Å². The molecule has 4 rings (SSSR count). The molecule has 1 aromatic heterocycles. The van der Waals surface area contributed by atoms with Gasteiger partial charge < -0.3 is 9.84 Å². The lowest BCUT2D eigenvalue weighted by Gasteiger charge is -2.25. The molecule has 0 atom stereocenters. The van der Waals surface area contributed by atoms with E-state index < -0.39 is 47.3 Å². The standard InChI is InChI=1S/C22H17F4NO4/c1-10-13(8-18(28)31-12-3-2-4-12)19-17(9-16(25)21(29)20(19)26)27(10)22(30)11-5-6-14(23)15(24)7-11/h5-7,9,12,29H,2-4,8H2,1H3. The quantitative estimate of drug-likeness (QED) is 0.483. The molecule has 9 heteroatoms. The van der Waals surface area contributed by atoms with Gasteiger partial charge in [-0.25, -0.2) is 17.6 Å². The summed E-state index contributed by atoms with van der Waals surface area (Å²) < 4.78 is 62.0. The van der Waals surface area contributed by atoms with Crippen LogP contribution in [0.5, 0.6) is 5.75 Å². The van der Waals surface area contributed by atoms with Gasteiger partial charge in [-0.2, -0.15) is 0 Å². The van der Waals surface area contributed by atoms with E-state index in [9.17, 15) is 32.3 Å². The van der Waals surface area contributed by atoms with E-state index in [2.05, 4.69) is 0 Å². The first kappa shape index (κ1) is 20.9. The van der Waals surface area contributed by atoms with E-state index in [1.165, 1.54) is 6.92 Å². The molecule has 1 fully saturated rings. The summed E-state index contributed by atoms with van der Waals surface area (Å²) in [6, 6.07) is 3.21. The third kappa shape index (κ3) is 3.54. The Kier molecular flexibility index (Phi) is 5.20. The molecule has 0 bridgehead atoms. The van der Waals surface area contributed by atoms with E-state index in [-0.39, 0.29) is 33.8 Å². The second kappa shape index (κ2) is 7.72. The number of esters is 1. The van der Waals surface area contributed by atoms with Crippen LogP contribution in [0.4, 0.5) is 17.6 Å². The summed E-state index contributed by atoms with van der Waals surface area (Å²) in [7, 11) is 0. The number of phenols is 1. The lowest BCUT2D eigenvalue weighted by Crippen LogP contribution is -2.26. The molecule has 0 amide bonds. The fraction of sp³-hybridized carbons (Fsp3) is 0.273. The third-order valence-corrected chi connectivity index (χ3v) is 5.53. The van der Waals surface area contributed by atoms with Crippen LogP contribution in [0.15, 0.2) is 24.3 Å². The van der Waals surface area contributed by atoms with Gasteiger partial charge in [0.25, 0.3) is 5.91 Å². The number of rotatable bonds is 4. The van der Waals surface area contributed by atoms with Crippen molar-refractivity contribution in [3.8, 4) is 5.75 Å². The van der Waals surface area contributed by atoms with Gasteiger partial charge in [0.2, 0.25) is 0 Å². The van der Waals surface area contributed by atoms with E-state index in [0.29, 0.717) is 6.07 Å². The molecule has 0 radical (unpaired) electrons. The van der Waals surface area contributed by atoms with Crippen molar-refractivity contribution in [1.82, 2.24) is 4.57 Å². The molecule has 1 heterocycles. The molecule has 5 nitrogen and oxygen atoms in total. The molecular formula is C22H17F4NO4. The number of benzene rings is 2. The Morgan fingerprint density at radius 1 is 1.10 bits per heavy atom. The second-order valence-electron chi connectivity index (χ2n) is 7.47. The number of carbonyl (C=O) groups excluding carboxylic acids is 2. The number of phenolic OH excluding ortho intramolecular Hbond substituents is 1. The van der Waals surface area contributed by atoms with Gasteiger partial charge in [-0.1, -0.05) is 0 Å². The Balaban J connectivity index is 1.86.